The Morgan fingerprint density at radius 1 is 1.21 bits per heavy atom. The van der Waals surface area contributed by atoms with Crippen molar-refractivity contribution in [1.82, 2.24) is 14.9 Å². The monoisotopic (exact) mass is 392 g/mol. The Morgan fingerprint density at radius 2 is 2.03 bits per heavy atom. The quantitative estimate of drug-likeness (QED) is 0.776. The van der Waals surface area contributed by atoms with Crippen LogP contribution in [0.3, 0.4) is 0 Å². The first-order valence-electron chi connectivity index (χ1n) is 9.97. The normalized spacial score (nSPS) is 21.3. The van der Waals surface area contributed by atoms with E-state index in [9.17, 15) is 4.79 Å². The lowest BCUT2D eigenvalue weighted by molar-refractivity contribution is 0.0371. The Hall–Kier alpha value is -3.14. The number of rotatable bonds is 5. The molecule has 2 fully saturated rings. The first-order chi connectivity index (χ1) is 14.1. The number of piperidine rings is 1. The zero-order chi connectivity index (χ0) is 20.4. The van der Waals surface area contributed by atoms with Crippen molar-refractivity contribution in [2.75, 3.05) is 13.7 Å². The predicted octanol–water partition coefficient (Wildman–Crippen LogP) is 3.31. The minimum absolute atomic E-state index is 0.0124. The van der Waals surface area contributed by atoms with Crippen molar-refractivity contribution in [3.05, 3.63) is 47.3 Å². The summed E-state index contributed by atoms with van der Waals surface area (Å²) >= 11 is 0. The average molecular weight is 392 g/mol. The van der Waals surface area contributed by atoms with Gasteiger partial charge >= 0.3 is 0 Å². The number of nitrogens with zero attached hydrogens (tertiary/aromatic N) is 4. The summed E-state index contributed by atoms with van der Waals surface area (Å²) in [5.74, 6) is 1.29. The van der Waals surface area contributed by atoms with Crippen LogP contribution in [-0.2, 0) is 0 Å². The van der Waals surface area contributed by atoms with Crippen LogP contribution in [0.4, 0.5) is 0 Å². The van der Waals surface area contributed by atoms with Gasteiger partial charge in [0, 0.05) is 30.3 Å². The molecule has 0 radical (unpaired) electrons. The maximum Gasteiger partial charge on any atom is 0.256 e. The van der Waals surface area contributed by atoms with Crippen molar-refractivity contribution < 1.29 is 14.3 Å². The molecule has 0 N–H and O–H groups in total. The van der Waals surface area contributed by atoms with E-state index in [0.717, 1.165) is 31.4 Å². The Balaban J connectivity index is 1.53. The van der Waals surface area contributed by atoms with E-state index >= 15 is 0 Å². The van der Waals surface area contributed by atoms with E-state index in [1.54, 1.807) is 31.5 Å². The van der Waals surface area contributed by atoms with Crippen molar-refractivity contribution in [2.24, 2.45) is 0 Å². The molecular weight excluding hydrogens is 368 g/mol. The Bertz CT molecular complexity index is 951. The maximum absolute atomic E-state index is 13.4. The molecule has 1 aliphatic carbocycles. The second-order valence-corrected chi connectivity index (χ2v) is 7.68. The van der Waals surface area contributed by atoms with Crippen molar-refractivity contribution in [2.45, 2.75) is 50.7 Å². The van der Waals surface area contributed by atoms with Crippen molar-refractivity contribution >= 4 is 5.91 Å². The number of carbonyl (C=O) groups is 1. The summed E-state index contributed by atoms with van der Waals surface area (Å²) < 4.78 is 11.2. The molecular formula is C22H24N4O3. The van der Waals surface area contributed by atoms with Crippen molar-refractivity contribution in [3.63, 3.8) is 0 Å². The number of carbonyl (C=O) groups excluding carboxylic acids is 1. The fraction of sp³-hybridized carbons (Fsp3) is 0.455. The predicted molar refractivity (Wildman–Crippen MR) is 106 cm³/mol. The average Bonchev–Trinajstić information content (AvgIpc) is 3.59. The topological polar surface area (TPSA) is 88.3 Å². The van der Waals surface area contributed by atoms with Gasteiger partial charge in [-0.15, -0.1) is 0 Å². The van der Waals surface area contributed by atoms with Gasteiger partial charge in [-0.2, -0.15) is 5.26 Å². The summed E-state index contributed by atoms with van der Waals surface area (Å²) in [4.78, 5) is 24.0. The smallest absolute Gasteiger partial charge is 0.256 e. The number of hydrogen-bond donors (Lipinski definition) is 0. The van der Waals surface area contributed by atoms with Crippen LogP contribution >= 0.6 is 0 Å². The number of likely N-dealkylation sites (tertiary alicyclic amines) is 1. The zero-order valence-corrected chi connectivity index (χ0v) is 16.7. The van der Waals surface area contributed by atoms with Gasteiger partial charge in [-0.3, -0.25) is 4.79 Å². The number of methoxy groups -OCH3 is 1. The van der Waals surface area contributed by atoms with Gasteiger partial charge in [0.1, 0.15) is 6.10 Å². The Kier molecular flexibility index (Phi) is 5.34. The summed E-state index contributed by atoms with van der Waals surface area (Å²) in [6, 6.07) is 9.06. The molecule has 0 spiro atoms. The standard InChI is InChI=1S/C22H24N4O3/c1-14-3-6-17(29-20-11-15(12-23)9-10-24-20)13-26(14)22(27)18-7-8-19(28-2)25-21(18)16-4-5-16/h7-11,14,16-17H,3-6,13H2,1-2H3/t14-,17-/m1/s1. The van der Waals surface area contributed by atoms with Gasteiger partial charge < -0.3 is 14.4 Å². The van der Waals surface area contributed by atoms with E-state index in [-0.39, 0.29) is 18.1 Å². The molecule has 4 rings (SSSR count). The highest BCUT2D eigenvalue weighted by Crippen LogP contribution is 2.41. The molecule has 1 saturated heterocycles. The van der Waals surface area contributed by atoms with Crippen molar-refractivity contribution in [3.8, 4) is 17.8 Å². The SMILES string of the molecule is COc1ccc(C(=O)N2C[C@H](Oc3cc(C#N)ccn3)CC[C@H]2C)c(C2CC2)n1. The molecule has 1 amide bonds. The van der Waals surface area contributed by atoms with Crippen LogP contribution in [-0.4, -0.2) is 46.6 Å². The highest BCUT2D eigenvalue weighted by molar-refractivity contribution is 5.96. The van der Waals surface area contributed by atoms with Gasteiger partial charge in [-0.1, -0.05) is 0 Å². The molecule has 7 heteroatoms. The van der Waals surface area contributed by atoms with E-state index < -0.39 is 0 Å². The maximum atomic E-state index is 13.4. The molecule has 2 atom stereocenters. The molecule has 150 valence electrons. The third kappa shape index (κ3) is 4.16. The molecule has 29 heavy (non-hydrogen) atoms. The second-order valence-electron chi connectivity index (χ2n) is 7.68. The Morgan fingerprint density at radius 3 is 2.76 bits per heavy atom. The van der Waals surface area contributed by atoms with Gasteiger partial charge in [0.2, 0.25) is 11.8 Å². The molecule has 0 unspecified atom stereocenters. The summed E-state index contributed by atoms with van der Waals surface area (Å²) in [7, 11) is 1.59. The molecule has 2 aromatic rings. The van der Waals surface area contributed by atoms with Crippen molar-refractivity contribution in [1.29, 1.82) is 5.26 Å². The van der Waals surface area contributed by atoms with Crippen LogP contribution in [0.25, 0.3) is 0 Å². The third-order valence-electron chi connectivity index (χ3n) is 5.55. The highest BCUT2D eigenvalue weighted by atomic mass is 16.5. The third-order valence-corrected chi connectivity index (χ3v) is 5.55. The molecule has 3 heterocycles. The number of pyridine rings is 2. The Labute approximate surface area is 170 Å². The summed E-state index contributed by atoms with van der Waals surface area (Å²) in [5.41, 5.74) is 2.00. The van der Waals surface area contributed by atoms with Crippen LogP contribution in [0.5, 0.6) is 11.8 Å². The van der Waals surface area contributed by atoms with Crippen LogP contribution in [0.2, 0.25) is 0 Å². The lowest BCUT2D eigenvalue weighted by Crippen LogP contribution is -2.49. The number of amides is 1. The van der Waals surface area contributed by atoms with Crippen LogP contribution < -0.4 is 9.47 Å². The van der Waals surface area contributed by atoms with E-state index in [1.165, 1.54) is 0 Å². The summed E-state index contributed by atoms with van der Waals surface area (Å²) in [6.07, 6.45) is 5.20. The fourth-order valence-electron chi connectivity index (χ4n) is 3.74. The second kappa shape index (κ2) is 8.08. The van der Waals surface area contributed by atoms with Gasteiger partial charge in [0.15, 0.2) is 0 Å². The summed E-state index contributed by atoms with van der Waals surface area (Å²) in [5, 5.41) is 9.06. The molecule has 2 aromatic heterocycles. The van der Waals surface area contributed by atoms with Gasteiger partial charge in [0.05, 0.1) is 36.5 Å². The lowest BCUT2D eigenvalue weighted by Gasteiger charge is -2.38. The molecule has 2 aliphatic rings. The number of ether oxygens (including phenoxy) is 2. The summed E-state index contributed by atoms with van der Waals surface area (Å²) in [6.45, 7) is 2.55. The van der Waals surface area contributed by atoms with E-state index in [0.29, 0.717) is 35.3 Å². The van der Waals surface area contributed by atoms with Gasteiger partial charge in [-0.25, -0.2) is 9.97 Å². The first kappa shape index (κ1) is 19.2. The molecule has 0 aromatic carbocycles. The first-order valence-corrected chi connectivity index (χ1v) is 9.97. The lowest BCUT2D eigenvalue weighted by atomic mass is 9.99. The van der Waals surface area contributed by atoms with Gasteiger partial charge in [-0.05, 0) is 44.7 Å². The van der Waals surface area contributed by atoms with Crippen LogP contribution in [0.15, 0.2) is 30.5 Å². The van der Waals surface area contributed by atoms with Gasteiger partial charge in [0.25, 0.3) is 5.91 Å². The zero-order valence-electron chi connectivity index (χ0n) is 16.7. The largest absolute Gasteiger partial charge is 0.481 e. The van der Waals surface area contributed by atoms with Crippen LogP contribution in [0.1, 0.15) is 60.1 Å². The molecule has 7 nitrogen and oxygen atoms in total. The van der Waals surface area contributed by atoms with E-state index in [1.807, 2.05) is 11.0 Å². The number of nitriles is 1. The molecule has 1 aliphatic heterocycles. The molecule has 0 bridgehead atoms. The number of hydrogen-bond acceptors (Lipinski definition) is 6. The highest BCUT2D eigenvalue weighted by Gasteiger charge is 2.35. The van der Waals surface area contributed by atoms with E-state index in [2.05, 4.69) is 23.0 Å². The fourth-order valence-corrected chi connectivity index (χ4v) is 3.74. The number of aromatic nitrogens is 2. The van der Waals surface area contributed by atoms with E-state index in [4.69, 9.17) is 14.7 Å². The minimum atomic E-state index is -0.160. The van der Waals surface area contributed by atoms with Crippen LogP contribution in [0, 0.1) is 11.3 Å². The minimum Gasteiger partial charge on any atom is -0.481 e. The molecule has 1 saturated carbocycles.